The Morgan fingerprint density at radius 2 is 1.98 bits per heavy atom. The predicted octanol–water partition coefficient (Wildman–Crippen LogP) is 6.43. The number of carbonyl (C=O) groups is 2. The first-order valence-electron chi connectivity index (χ1n) is 17.5. The Morgan fingerprint density at radius 1 is 1.16 bits per heavy atom. The van der Waals surface area contributed by atoms with Crippen LogP contribution >= 0.6 is 11.6 Å². The van der Waals surface area contributed by atoms with Gasteiger partial charge in [-0.3, -0.25) is 9.52 Å². The smallest absolute Gasteiger partial charge is 0.327 e. The molecule has 10 nitrogen and oxygen atoms in total. The molecule has 2 saturated carbocycles. The van der Waals surface area contributed by atoms with Crippen molar-refractivity contribution in [3.05, 3.63) is 70.3 Å². The highest BCUT2D eigenvalue weighted by atomic mass is 35.5. The fourth-order valence-electron chi connectivity index (χ4n) is 7.64. The van der Waals surface area contributed by atoms with Crippen molar-refractivity contribution in [1.82, 2.24) is 10.0 Å². The second-order valence-corrected chi connectivity index (χ2v) is 17.1. The first kappa shape index (κ1) is 35.7. The lowest BCUT2D eigenvalue weighted by molar-refractivity contribution is -0.0353. The van der Waals surface area contributed by atoms with Crippen LogP contribution in [-0.2, 0) is 27.6 Å². The van der Waals surface area contributed by atoms with Crippen LogP contribution in [0.2, 0.25) is 5.02 Å². The number of benzene rings is 2. The Kier molecular flexibility index (Phi) is 10.9. The average molecular weight is 713 g/mol. The van der Waals surface area contributed by atoms with E-state index in [1.165, 1.54) is 11.1 Å². The minimum atomic E-state index is -3.53. The number of rotatable bonds is 3. The van der Waals surface area contributed by atoms with Crippen LogP contribution in [0.1, 0.15) is 80.3 Å². The van der Waals surface area contributed by atoms with Crippen LogP contribution in [0.25, 0.3) is 0 Å². The molecule has 49 heavy (non-hydrogen) atoms. The zero-order valence-corrected chi connectivity index (χ0v) is 30.2. The maximum absolute atomic E-state index is 14.4. The zero-order valence-electron chi connectivity index (χ0n) is 28.7. The number of nitrogens with one attached hydrogen (secondary N) is 2. The normalized spacial score (nSPS) is 32.7. The van der Waals surface area contributed by atoms with Crippen LogP contribution in [0.5, 0.6) is 5.75 Å². The van der Waals surface area contributed by atoms with Crippen molar-refractivity contribution in [3.8, 4) is 5.75 Å². The lowest BCUT2D eigenvalue weighted by Gasteiger charge is -2.43. The number of amides is 3. The highest BCUT2D eigenvalue weighted by molar-refractivity contribution is 7.92. The molecule has 2 bridgehead atoms. The van der Waals surface area contributed by atoms with Crippen LogP contribution in [0, 0.1) is 17.8 Å². The molecule has 266 valence electrons. The number of ether oxygens (including phenoxy) is 2. The number of aliphatic hydroxyl groups is 1. The summed E-state index contributed by atoms with van der Waals surface area (Å²) in [4.78, 5) is 29.2. The van der Waals surface area contributed by atoms with Gasteiger partial charge in [0.05, 0.1) is 29.8 Å². The number of methoxy groups -OCH3 is 1. The first-order valence-corrected chi connectivity index (χ1v) is 19.5. The van der Waals surface area contributed by atoms with Gasteiger partial charge in [-0.15, -0.1) is 4.36 Å². The summed E-state index contributed by atoms with van der Waals surface area (Å²) in [5, 5.41) is 13.6. The van der Waals surface area contributed by atoms with E-state index < -0.39 is 27.5 Å². The molecule has 2 fully saturated rings. The SMILES string of the molecule is CO[C@H]1/C=C/C[C@H](C)C[S@@](=O)(NC(=O)N[C@H]2C[C@](C)(O)C2)=NC(=O)c2ccc3c(c2)N(Cc2ccc(Cl)cc2CCCCO3)C[C@@H]2CC[C@H]21. The average Bonchev–Trinajstić information content (AvgIpc) is 3.03. The van der Waals surface area contributed by atoms with Gasteiger partial charge in [-0.05, 0) is 118 Å². The fourth-order valence-corrected chi connectivity index (χ4v) is 9.67. The Morgan fingerprint density at radius 3 is 2.71 bits per heavy atom. The third-order valence-electron chi connectivity index (χ3n) is 10.4. The van der Waals surface area contributed by atoms with Gasteiger partial charge in [-0.25, -0.2) is 9.00 Å². The van der Waals surface area contributed by atoms with Crippen LogP contribution < -0.4 is 19.7 Å². The minimum Gasteiger partial charge on any atom is -0.491 e. The largest absolute Gasteiger partial charge is 0.491 e. The summed E-state index contributed by atoms with van der Waals surface area (Å²) >= 11 is 6.45. The number of halogens is 1. The van der Waals surface area contributed by atoms with Crippen molar-refractivity contribution < 1.29 is 28.4 Å². The second-order valence-electron chi connectivity index (χ2n) is 14.6. The van der Waals surface area contributed by atoms with E-state index in [1.54, 1.807) is 32.2 Å². The Labute approximate surface area is 295 Å². The molecule has 0 aromatic heterocycles. The number of aryl methyl sites for hydroxylation is 1. The molecular formula is C37H49ClN4O6S. The van der Waals surface area contributed by atoms with Gasteiger partial charge in [0.15, 0.2) is 0 Å². The van der Waals surface area contributed by atoms with Crippen molar-refractivity contribution >= 4 is 39.1 Å². The number of allylic oxidation sites excluding steroid dienone is 1. The van der Waals surface area contributed by atoms with Crippen LogP contribution in [0.15, 0.2) is 52.9 Å². The Hall–Kier alpha value is -3.12. The summed E-state index contributed by atoms with van der Waals surface area (Å²) in [5.74, 6) is 0.519. The number of hydrogen-bond acceptors (Lipinski definition) is 7. The molecule has 12 heteroatoms. The molecule has 3 amide bonds. The summed E-state index contributed by atoms with van der Waals surface area (Å²) in [6, 6.07) is 10.4. The number of anilines is 1. The van der Waals surface area contributed by atoms with E-state index >= 15 is 0 Å². The number of urea groups is 1. The van der Waals surface area contributed by atoms with Crippen LogP contribution in [0.4, 0.5) is 10.5 Å². The van der Waals surface area contributed by atoms with E-state index in [4.69, 9.17) is 21.1 Å². The van der Waals surface area contributed by atoms with E-state index in [0.29, 0.717) is 55.0 Å². The Balaban J connectivity index is 1.40. The summed E-state index contributed by atoms with van der Waals surface area (Å²) in [6.45, 7) is 5.50. The number of nitrogens with zero attached hydrogens (tertiary/aromatic N) is 2. The highest BCUT2D eigenvalue weighted by Gasteiger charge is 2.40. The minimum absolute atomic E-state index is 0.0118. The van der Waals surface area contributed by atoms with E-state index in [2.05, 4.69) is 43.6 Å². The van der Waals surface area contributed by atoms with Gasteiger partial charge in [0, 0.05) is 36.8 Å². The van der Waals surface area contributed by atoms with Gasteiger partial charge in [-0.1, -0.05) is 36.7 Å². The molecule has 6 rings (SSSR count). The van der Waals surface area contributed by atoms with Crippen molar-refractivity contribution in [2.75, 3.05) is 30.9 Å². The van der Waals surface area contributed by atoms with Gasteiger partial charge in [0.2, 0.25) is 0 Å². The molecule has 2 aliphatic heterocycles. The quantitative estimate of drug-likeness (QED) is 0.313. The van der Waals surface area contributed by atoms with E-state index in [9.17, 15) is 18.9 Å². The molecule has 0 unspecified atom stereocenters. The fraction of sp³-hybridized carbons (Fsp3) is 0.568. The van der Waals surface area contributed by atoms with Crippen molar-refractivity contribution in [3.63, 3.8) is 0 Å². The number of fused-ring (bicyclic) bond motifs is 3. The molecule has 3 N–H and O–H groups in total. The first-order chi connectivity index (χ1) is 23.4. The molecule has 2 aromatic carbocycles. The summed E-state index contributed by atoms with van der Waals surface area (Å²) in [5.41, 5.74) is 2.58. The van der Waals surface area contributed by atoms with E-state index in [-0.39, 0.29) is 29.4 Å². The van der Waals surface area contributed by atoms with Gasteiger partial charge in [0.1, 0.15) is 15.7 Å². The summed E-state index contributed by atoms with van der Waals surface area (Å²) in [6.07, 6.45) is 10.3. The molecule has 4 aliphatic rings. The number of carbonyl (C=O) groups excluding carboxylic acids is 2. The van der Waals surface area contributed by atoms with E-state index in [0.717, 1.165) is 44.3 Å². The van der Waals surface area contributed by atoms with Crippen molar-refractivity contribution in [2.24, 2.45) is 22.1 Å². The molecule has 2 heterocycles. The Bertz CT molecular complexity index is 1700. The maximum atomic E-state index is 14.4. The van der Waals surface area contributed by atoms with Crippen molar-refractivity contribution in [2.45, 2.75) is 89.5 Å². The molecule has 0 saturated heterocycles. The highest BCUT2D eigenvalue weighted by Crippen LogP contribution is 2.42. The maximum Gasteiger partial charge on any atom is 0.327 e. The lowest BCUT2D eigenvalue weighted by atomic mass is 9.70. The summed E-state index contributed by atoms with van der Waals surface area (Å²) < 4.78 is 33.5. The lowest BCUT2D eigenvalue weighted by Crippen LogP contribution is -2.56. The van der Waals surface area contributed by atoms with Gasteiger partial charge in [0.25, 0.3) is 5.91 Å². The predicted molar refractivity (Wildman–Crippen MR) is 192 cm³/mol. The molecule has 2 aromatic rings. The molecular weight excluding hydrogens is 664 g/mol. The monoisotopic (exact) mass is 712 g/mol. The van der Waals surface area contributed by atoms with Crippen molar-refractivity contribution in [1.29, 1.82) is 0 Å². The van der Waals surface area contributed by atoms with Gasteiger partial charge >= 0.3 is 6.03 Å². The topological polar surface area (TPSA) is 130 Å². The molecule has 0 spiro atoms. The van der Waals surface area contributed by atoms with Crippen LogP contribution in [-0.4, -0.2) is 65.0 Å². The third-order valence-corrected chi connectivity index (χ3v) is 12.6. The van der Waals surface area contributed by atoms with E-state index in [1.807, 2.05) is 13.0 Å². The molecule has 0 radical (unpaired) electrons. The standard InChI is InChI=1S/C37H49ClN4O6S/c1-24-7-6-9-33(47-3)31-14-11-28(31)22-42-21-27-10-13-29(38)17-25(27)8-4-5-16-48-34-15-12-26(18-32(34)42)35(43)40-49(46,23-24)41-36(44)39-30-19-37(2,45)20-30/h6,9-10,12-13,15,17-18,24,28,30-31,33,45H,4-5,7-8,11,14,16,19-23H2,1-3H3,(H2,39,40,41,43,44,46)/b9-6+/t24-,28-,30-,31+,33-,37-,49-/m0/s1. The van der Waals surface area contributed by atoms with Gasteiger partial charge < -0.3 is 24.8 Å². The van der Waals surface area contributed by atoms with Gasteiger partial charge in [-0.2, -0.15) is 0 Å². The molecule has 2 aliphatic carbocycles. The van der Waals surface area contributed by atoms with Crippen LogP contribution in [0.3, 0.4) is 0 Å². The number of hydrogen-bond donors (Lipinski definition) is 3. The summed E-state index contributed by atoms with van der Waals surface area (Å²) in [7, 11) is -1.78. The second kappa shape index (κ2) is 15.0. The molecule has 5 atom stereocenters. The third kappa shape index (κ3) is 8.79. The zero-order chi connectivity index (χ0) is 34.8.